The van der Waals surface area contributed by atoms with Crippen LogP contribution in [0.25, 0.3) is 11.3 Å². The highest BCUT2D eigenvalue weighted by Crippen LogP contribution is 2.32. The molecular formula is C27H30N6OS. The van der Waals surface area contributed by atoms with Crippen LogP contribution in [0.1, 0.15) is 35.4 Å². The molecule has 35 heavy (non-hydrogen) atoms. The third-order valence-corrected chi connectivity index (χ3v) is 7.03. The number of rotatable bonds is 7. The number of nitrogens with one attached hydrogen (secondary N) is 2. The smallest absolute Gasteiger partial charge is 0.237 e. The highest BCUT2D eigenvalue weighted by atomic mass is 32.2. The molecule has 1 fully saturated rings. The molecule has 0 spiro atoms. The van der Waals surface area contributed by atoms with Crippen molar-refractivity contribution in [3.05, 3.63) is 77.6 Å². The molecule has 0 bridgehead atoms. The predicted molar refractivity (Wildman–Crippen MR) is 141 cm³/mol. The van der Waals surface area contributed by atoms with Gasteiger partial charge in [-0.1, -0.05) is 30.3 Å². The van der Waals surface area contributed by atoms with Gasteiger partial charge >= 0.3 is 0 Å². The highest BCUT2D eigenvalue weighted by Gasteiger charge is 2.16. The Bertz CT molecular complexity index is 1280. The maximum atomic E-state index is 6.23. The number of hydrogen-bond donors (Lipinski definition) is 2. The van der Waals surface area contributed by atoms with Crippen molar-refractivity contribution < 1.29 is 4.74 Å². The summed E-state index contributed by atoms with van der Waals surface area (Å²) in [4.78, 5) is 10.4. The Morgan fingerprint density at radius 3 is 2.46 bits per heavy atom. The number of ether oxygens (including phenoxy) is 1. The van der Waals surface area contributed by atoms with Crippen LogP contribution in [0.15, 0.2) is 65.8 Å². The lowest BCUT2D eigenvalue weighted by molar-refractivity contribution is 0.454. The average molecular weight is 487 g/mol. The van der Waals surface area contributed by atoms with E-state index in [-0.39, 0.29) is 0 Å². The lowest BCUT2D eigenvalue weighted by Gasteiger charge is -2.23. The third-order valence-electron chi connectivity index (χ3n) is 6.29. The van der Waals surface area contributed by atoms with Crippen LogP contribution in [-0.2, 0) is 7.05 Å². The van der Waals surface area contributed by atoms with E-state index in [1.807, 2.05) is 31.4 Å². The van der Waals surface area contributed by atoms with Crippen LogP contribution in [0.2, 0.25) is 0 Å². The van der Waals surface area contributed by atoms with E-state index in [2.05, 4.69) is 64.3 Å². The third kappa shape index (κ3) is 5.66. The van der Waals surface area contributed by atoms with E-state index >= 15 is 0 Å². The summed E-state index contributed by atoms with van der Waals surface area (Å²) in [7, 11) is 1.89. The fourth-order valence-corrected chi connectivity index (χ4v) is 5.12. The summed E-state index contributed by atoms with van der Waals surface area (Å²) < 4.78 is 11.3. The molecule has 0 aliphatic carbocycles. The maximum absolute atomic E-state index is 6.23. The molecule has 2 aromatic heterocycles. The molecule has 2 N–H and O–H groups in total. The van der Waals surface area contributed by atoms with Gasteiger partial charge in [-0.3, -0.25) is 9.40 Å². The van der Waals surface area contributed by atoms with E-state index in [1.165, 1.54) is 30.4 Å². The molecule has 0 unspecified atom stereocenters. The number of aryl methyl sites for hydroxylation is 3. The fourth-order valence-electron chi connectivity index (χ4n) is 4.51. The topological polar surface area (TPSA) is 76.9 Å². The summed E-state index contributed by atoms with van der Waals surface area (Å²) in [6.45, 7) is 6.36. The van der Waals surface area contributed by atoms with E-state index in [0.29, 0.717) is 17.7 Å². The molecule has 5 rings (SSSR count). The summed E-state index contributed by atoms with van der Waals surface area (Å²) >= 11 is 1.42. The predicted octanol–water partition coefficient (Wildman–Crippen LogP) is 5.87. The van der Waals surface area contributed by atoms with Crippen molar-refractivity contribution in [2.45, 2.75) is 37.5 Å². The van der Waals surface area contributed by atoms with Crippen LogP contribution in [0.4, 0.5) is 5.95 Å². The Balaban J connectivity index is 1.42. The molecule has 3 heterocycles. The molecule has 0 radical (unpaired) electrons. The second-order valence-electron chi connectivity index (χ2n) is 8.93. The standard InChI is InChI=1S/C27H30N6OS/c1-18-5-4-6-19(2)26(18)24-15-25(31-27(30-24)32-35-23-16-29-33(3)17-23)34-22-9-7-20(8-10-22)21-11-13-28-14-12-21/h4-10,15-17,21,28H,11-14H2,1-3H3,(H,30,31,32). The van der Waals surface area contributed by atoms with Gasteiger partial charge in [0.1, 0.15) is 5.75 Å². The van der Waals surface area contributed by atoms with Gasteiger partial charge < -0.3 is 10.1 Å². The molecule has 180 valence electrons. The summed E-state index contributed by atoms with van der Waals surface area (Å²) in [6, 6.07) is 16.6. The van der Waals surface area contributed by atoms with E-state index in [0.717, 1.165) is 46.1 Å². The monoisotopic (exact) mass is 486 g/mol. The zero-order valence-corrected chi connectivity index (χ0v) is 21.1. The maximum Gasteiger partial charge on any atom is 0.237 e. The summed E-state index contributed by atoms with van der Waals surface area (Å²) in [5.74, 6) is 2.36. The van der Waals surface area contributed by atoms with E-state index < -0.39 is 0 Å². The second kappa shape index (κ2) is 10.5. The lowest BCUT2D eigenvalue weighted by Crippen LogP contribution is -2.26. The van der Waals surface area contributed by atoms with Crippen LogP contribution >= 0.6 is 11.9 Å². The van der Waals surface area contributed by atoms with Gasteiger partial charge in [0.25, 0.3) is 0 Å². The van der Waals surface area contributed by atoms with Crippen molar-refractivity contribution in [2.24, 2.45) is 7.05 Å². The molecule has 0 saturated carbocycles. The number of nitrogens with zero attached hydrogens (tertiary/aromatic N) is 4. The molecule has 1 aliphatic rings. The Labute approximate surface area is 210 Å². The lowest BCUT2D eigenvalue weighted by atomic mass is 9.90. The summed E-state index contributed by atoms with van der Waals surface area (Å²) in [6.07, 6.45) is 6.09. The van der Waals surface area contributed by atoms with Crippen molar-refractivity contribution in [3.8, 4) is 22.9 Å². The van der Waals surface area contributed by atoms with Crippen molar-refractivity contribution in [2.75, 3.05) is 17.8 Å². The number of benzene rings is 2. The fraction of sp³-hybridized carbons (Fsp3) is 0.296. The quantitative estimate of drug-likeness (QED) is 0.316. The molecule has 0 atom stereocenters. The number of piperidine rings is 1. The molecule has 7 nitrogen and oxygen atoms in total. The van der Waals surface area contributed by atoms with Crippen LogP contribution in [-0.4, -0.2) is 32.8 Å². The minimum absolute atomic E-state index is 0.486. The van der Waals surface area contributed by atoms with Crippen LogP contribution in [0.3, 0.4) is 0 Å². The van der Waals surface area contributed by atoms with Crippen molar-refractivity contribution in [1.29, 1.82) is 0 Å². The van der Waals surface area contributed by atoms with Gasteiger partial charge in [-0.2, -0.15) is 10.1 Å². The molecule has 1 saturated heterocycles. The molecule has 8 heteroatoms. The molecule has 2 aromatic carbocycles. The van der Waals surface area contributed by atoms with Crippen LogP contribution < -0.4 is 14.8 Å². The first-order chi connectivity index (χ1) is 17.0. The van der Waals surface area contributed by atoms with Gasteiger partial charge in [0.2, 0.25) is 11.8 Å². The summed E-state index contributed by atoms with van der Waals surface area (Å²) in [5, 5.41) is 7.65. The Morgan fingerprint density at radius 1 is 1.03 bits per heavy atom. The van der Waals surface area contributed by atoms with E-state index in [4.69, 9.17) is 9.72 Å². The first-order valence-electron chi connectivity index (χ1n) is 11.9. The zero-order chi connectivity index (χ0) is 24.2. The zero-order valence-electron chi connectivity index (χ0n) is 20.3. The Kier molecular flexibility index (Phi) is 7.01. The van der Waals surface area contributed by atoms with E-state index in [1.54, 1.807) is 10.9 Å². The van der Waals surface area contributed by atoms with Gasteiger partial charge in [-0.15, -0.1) is 0 Å². The number of hydrogen-bond acceptors (Lipinski definition) is 7. The van der Waals surface area contributed by atoms with Crippen molar-refractivity contribution >= 4 is 17.9 Å². The molecule has 1 aliphatic heterocycles. The van der Waals surface area contributed by atoms with E-state index in [9.17, 15) is 0 Å². The van der Waals surface area contributed by atoms with Crippen LogP contribution in [0, 0.1) is 13.8 Å². The molecular weight excluding hydrogens is 456 g/mol. The minimum Gasteiger partial charge on any atom is -0.439 e. The van der Waals surface area contributed by atoms with Gasteiger partial charge in [-0.25, -0.2) is 4.98 Å². The number of aromatic nitrogens is 4. The molecule has 0 amide bonds. The van der Waals surface area contributed by atoms with Gasteiger partial charge in [0.05, 0.1) is 16.8 Å². The normalized spacial score (nSPS) is 14.1. The first kappa shape index (κ1) is 23.4. The highest BCUT2D eigenvalue weighted by molar-refractivity contribution is 8.00. The Morgan fingerprint density at radius 2 is 1.77 bits per heavy atom. The SMILES string of the molecule is Cc1cccc(C)c1-c1cc(Oc2ccc(C3CCNCC3)cc2)nc(NSc2cnn(C)c2)n1. The van der Waals surface area contributed by atoms with Crippen LogP contribution in [0.5, 0.6) is 11.6 Å². The van der Waals surface area contributed by atoms with Crippen molar-refractivity contribution in [3.63, 3.8) is 0 Å². The molecule has 4 aromatic rings. The number of anilines is 1. The Hall–Kier alpha value is -3.36. The largest absolute Gasteiger partial charge is 0.439 e. The van der Waals surface area contributed by atoms with Gasteiger partial charge in [0, 0.05) is 24.9 Å². The minimum atomic E-state index is 0.486. The van der Waals surface area contributed by atoms with Gasteiger partial charge in [0.15, 0.2) is 0 Å². The first-order valence-corrected chi connectivity index (χ1v) is 12.7. The second-order valence-corrected chi connectivity index (χ2v) is 9.81. The van der Waals surface area contributed by atoms with Gasteiger partial charge in [-0.05, 0) is 86.5 Å². The summed E-state index contributed by atoms with van der Waals surface area (Å²) in [5.41, 5.74) is 5.60. The van der Waals surface area contributed by atoms with Crippen molar-refractivity contribution in [1.82, 2.24) is 25.1 Å². The average Bonchev–Trinajstić information content (AvgIpc) is 3.29.